The molecule has 1 amide bonds. The van der Waals surface area contributed by atoms with Crippen molar-refractivity contribution in [3.8, 4) is 5.75 Å². The van der Waals surface area contributed by atoms with Crippen molar-refractivity contribution in [3.63, 3.8) is 0 Å². The Bertz CT molecular complexity index is 1240. The summed E-state index contributed by atoms with van der Waals surface area (Å²) in [6, 6.07) is 24.0. The van der Waals surface area contributed by atoms with Gasteiger partial charge in [0.15, 0.2) is 0 Å². The molecule has 0 aliphatic heterocycles. The van der Waals surface area contributed by atoms with E-state index in [0.29, 0.717) is 35.4 Å². The van der Waals surface area contributed by atoms with Gasteiger partial charge < -0.3 is 14.5 Å². The van der Waals surface area contributed by atoms with Gasteiger partial charge in [0.1, 0.15) is 11.3 Å². The van der Waals surface area contributed by atoms with E-state index in [1.54, 1.807) is 18.2 Å². The largest absolute Gasteiger partial charge is 0.494 e. The summed E-state index contributed by atoms with van der Waals surface area (Å²) in [6.45, 7) is 2.37. The molecule has 0 spiro atoms. The first-order valence-corrected chi connectivity index (χ1v) is 9.78. The monoisotopic (exact) mass is 399 g/mol. The Hall–Kier alpha value is -3.86. The number of rotatable bonds is 6. The number of amides is 1. The second kappa shape index (κ2) is 8.66. The summed E-state index contributed by atoms with van der Waals surface area (Å²) >= 11 is 0. The minimum absolute atomic E-state index is 0.263. The number of carbonyl (C=O) groups is 1. The second-order valence-electron chi connectivity index (χ2n) is 6.84. The minimum atomic E-state index is -0.584. The number of ether oxygens (including phenoxy) is 1. The zero-order chi connectivity index (χ0) is 20.9. The molecule has 30 heavy (non-hydrogen) atoms. The fraction of sp³-hybridized carbons (Fsp3) is 0.120. The maximum atomic E-state index is 13.1. The summed E-state index contributed by atoms with van der Waals surface area (Å²) in [4.78, 5) is 25.1. The van der Waals surface area contributed by atoms with E-state index in [4.69, 9.17) is 9.15 Å². The van der Waals surface area contributed by atoms with E-state index >= 15 is 0 Å². The van der Waals surface area contributed by atoms with Crippen LogP contribution < -0.4 is 15.7 Å². The summed E-state index contributed by atoms with van der Waals surface area (Å²) < 4.78 is 10.7. The van der Waals surface area contributed by atoms with Crippen molar-refractivity contribution in [2.75, 3.05) is 11.9 Å². The molecule has 4 rings (SSSR count). The summed E-state index contributed by atoms with van der Waals surface area (Å²) in [7, 11) is 0. The van der Waals surface area contributed by atoms with Crippen LogP contribution in [0.2, 0.25) is 0 Å². The Balaban J connectivity index is 1.66. The number of carbonyl (C=O) groups excluding carboxylic acids is 1. The van der Waals surface area contributed by atoms with E-state index in [-0.39, 0.29) is 11.5 Å². The lowest BCUT2D eigenvalue weighted by atomic mass is 10.0. The second-order valence-corrected chi connectivity index (χ2v) is 6.84. The fourth-order valence-electron chi connectivity index (χ4n) is 3.39. The van der Waals surface area contributed by atoms with Crippen molar-refractivity contribution in [1.82, 2.24) is 0 Å². The molecule has 1 N–H and O–H groups in total. The van der Waals surface area contributed by atoms with Crippen LogP contribution in [-0.2, 0) is 6.42 Å². The Kier molecular flexibility index (Phi) is 5.61. The van der Waals surface area contributed by atoms with Gasteiger partial charge in [0.2, 0.25) is 0 Å². The van der Waals surface area contributed by atoms with Crippen LogP contribution in [0.5, 0.6) is 5.75 Å². The number of para-hydroxylation sites is 1. The zero-order valence-corrected chi connectivity index (χ0v) is 16.6. The van der Waals surface area contributed by atoms with Gasteiger partial charge in [-0.15, -0.1) is 0 Å². The van der Waals surface area contributed by atoms with Crippen LogP contribution in [0.4, 0.5) is 5.69 Å². The average molecular weight is 399 g/mol. The Morgan fingerprint density at radius 2 is 1.73 bits per heavy atom. The summed E-state index contributed by atoms with van der Waals surface area (Å²) in [5.74, 6) is 0.219. The molecule has 0 aliphatic carbocycles. The molecule has 0 fully saturated rings. The van der Waals surface area contributed by atoms with Crippen LogP contribution in [0.1, 0.15) is 28.4 Å². The van der Waals surface area contributed by atoms with Crippen molar-refractivity contribution < 1.29 is 13.9 Å². The molecule has 5 heteroatoms. The predicted octanol–water partition coefficient (Wildman–Crippen LogP) is 5.03. The number of fused-ring (bicyclic) bond motifs is 1. The molecule has 0 bridgehead atoms. The SMILES string of the molecule is CCOc1ccc2c(C(=O)Nc3ccccc3Cc3ccccc3)cc(=O)oc2c1. The molecule has 1 aromatic heterocycles. The topological polar surface area (TPSA) is 68.5 Å². The summed E-state index contributed by atoms with van der Waals surface area (Å²) in [5, 5.41) is 3.51. The smallest absolute Gasteiger partial charge is 0.337 e. The molecule has 5 nitrogen and oxygen atoms in total. The zero-order valence-electron chi connectivity index (χ0n) is 16.6. The van der Waals surface area contributed by atoms with Crippen LogP contribution in [0.15, 0.2) is 88.1 Å². The predicted molar refractivity (Wildman–Crippen MR) is 117 cm³/mol. The van der Waals surface area contributed by atoms with Crippen LogP contribution >= 0.6 is 0 Å². The Labute approximate surface area is 173 Å². The van der Waals surface area contributed by atoms with E-state index in [1.165, 1.54) is 6.07 Å². The van der Waals surface area contributed by atoms with E-state index in [2.05, 4.69) is 5.32 Å². The fourth-order valence-corrected chi connectivity index (χ4v) is 3.39. The van der Waals surface area contributed by atoms with Crippen molar-refractivity contribution in [2.24, 2.45) is 0 Å². The molecule has 0 radical (unpaired) electrons. The van der Waals surface area contributed by atoms with Crippen molar-refractivity contribution in [1.29, 1.82) is 0 Å². The highest BCUT2D eigenvalue weighted by Gasteiger charge is 2.15. The molecule has 0 saturated carbocycles. The van der Waals surface area contributed by atoms with Gasteiger partial charge in [-0.2, -0.15) is 0 Å². The molecular formula is C25H21NO4. The van der Waals surface area contributed by atoms with Crippen LogP contribution in [0, 0.1) is 0 Å². The van der Waals surface area contributed by atoms with Crippen LogP contribution in [0.3, 0.4) is 0 Å². The molecule has 1 heterocycles. The first kappa shape index (κ1) is 19.5. The van der Waals surface area contributed by atoms with E-state index < -0.39 is 5.63 Å². The highest BCUT2D eigenvalue weighted by Crippen LogP contribution is 2.25. The molecule has 0 saturated heterocycles. The van der Waals surface area contributed by atoms with Crippen molar-refractivity contribution in [2.45, 2.75) is 13.3 Å². The highest BCUT2D eigenvalue weighted by atomic mass is 16.5. The third-order valence-corrected chi connectivity index (χ3v) is 4.77. The number of benzene rings is 3. The molecule has 0 aliphatic rings. The van der Waals surface area contributed by atoms with Crippen molar-refractivity contribution >= 4 is 22.6 Å². The van der Waals surface area contributed by atoms with E-state index in [1.807, 2.05) is 61.5 Å². The van der Waals surface area contributed by atoms with Gasteiger partial charge >= 0.3 is 5.63 Å². The van der Waals surface area contributed by atoms with Gasteiger partial charge in [0.25, 0.3) is 5.91 Å². The number of anilines is 1. The number of hydrogen-bond acceptors (Lipinski definition) is 4. The summed E-state index contributed by atoms with van der Waals surface area (Å²) in [5.41, 5.74) is 2.84. The lowest BCUT2D eigenvalue weighted by Crippen LogP contribution is -2.16. The van der Waals surface area contributed by atoms with Gasteiger partial charge in [-0.3, -0.25) is 4.79 Å². The Morgan fingerprint density at radius 3 is 2.53 bits per heavy atom. The van der Waals surface area contributed by atoms with Gasteiger partial charge in [0, 0.05) is 23.2 Å². The highest BCUT2D eigenvalue weighted by molar-refractivity contribution is 6.12. The molecule has 4 aromatic rings. The lowest BCUT2D eigenvalue weighted by Gasteiger charge is -2.12. The van der Waals surface area contributed by atoms with Crippen LogP contribution in [0.25, 0.3) is 11.0 Å². The molecule has 3 aromatic carbocycles. The van der Waals surface area contributed by atoms with E-state index in [9.17, 15) is 9.59 Å². The van der Waals surface area contributed by atoms with Crippen LogP contribution in [-0.4, -0.2) is 12.5 Å². The van der Waals surface area contributed by atoms with Gasteiger partial charge in [-0.25, -0.2) is 4.79 Å². The molecular weight excluding hydrogens is 378 g/mol. The molecule has 150 valence electrons. The average Bonchev–Trinajstić information content (AvgIpc) is 2.75. The van der Waals surface area contributed by atoms with Gasteiger partial charge in [0.05, 0.1) is 12.2 Å². The Morgan fingerprint density at radius 1 is 0.967 bits per heavy atom. The number of nitrogens with one attached hydrogen (secondary N) is 1. The third-order valence-electron chi connectivity index (χ3n) is 4.77. The van der Waals surface area contributed by atoms with Crippen molar-refractivity contribution in [3.05, 3.63) is 106 Å². The minimum Gasteiger partial charge on any atom is -0.494 e. The van der Waals surface area contributed by atoms with Gasteiger partial charge in [-0.05, 0) is 42.7 Å². The molecule has 0 atom stereocenters. The first-order valence-electron chi connectivity index (χ1n) is 9.78. The standard InChI is InChI=1S/C25H21NO4/c1-2-29-19-12-13-20-21(16-24(27)30-23(20)15-19)25(28)26-22-11-7-6-10-18(22)14-17-8-4-3-5-9-17/h3-13,15-16H,2,14H2,1H3,(H,26,28). The first-order chi connectivity index (χ1) is 14.6. The summed E-state index contributed by atoms with van der Waals surface area (Å²) in [6.07, 6.45) is 0.687. The van der Waals surface area contributed by atoms with Gasteiger partial charge in [-0.1, -0.05) is 48.5 Å². The maximum absolute atomic E-state index is 13.1. The lowest BCUT2D eigenvalue weighted by molar-refractivity contribution is 0.102. The third kappa shape index (κ3) is 4.25. The quantitative estimate of drug-likeness (QED) is 0.462. The number of hydrogen-bond donors (Lipinski definition) is 1. The molecule has 0 unspecified atom stereocenters. The normalized spacial score (nSPS) is 10.7. The van der Waals surface area contributed by atoms with E-state index in [0.717, 1.165) is 11.1 Å². The maximum Gasteiger partial charge on any atom is 0.337 e.